The Morgan fingerprint density at radius 2 is 2.22 bits per heavy atom. The SMILES string of the molecule is CNC(=O)[C@@]1(C)CCCN(c2ccc(C)nn2)C1. The largest absolute Gasteiger partial charge is 0.359 e. The molecule has 0 unspecified atom stereocenters. The molecule has 1 fully saturated rings. The van der Waals surface area contributed by atoms with Crippen LogP contribution in [-0.2, 0) is 4.79 Å². The lowest BCUT2D eigenvalue weighted by molar-refractivity contribution is -0.130. The number of nitrogens with one attached hydrogen (secondary N) is 1. The molecule has 0 aliphatic carbocycles. The lowest BCUT2D eigenvalue weighted by atomic mass is 9.81. The molecular formula is C13H20N4O. The second-order valence-electron chi connectivity index (χ2n) is 5.20. The third-order valence-corrected chi connectivity index (χ3v) is 3.58. The number of piperidine rings is 1. The molecule has 0 spiro atoms. The molecule has 5 nitrogen and oxygen atoms in total. The van der Waals surface area contributed by atoms with E-state index in [1.807, 2.05) is 26.0 Å². The molecule has 5 heteroatoms. The molecule has 98 valence electrons. The Morgan fingerprint density at radius 3 is 2.83 bits per heavy atom. The molecule has 1 N–H and O–H groups in total. The van der Waals surface area contributed by atoms with Gasteiger partial charge in [-0.3, -0.25) is 4.79 Å². The van der Waals surface area contributed by atoms with E-state index in [1.165, 1.54) is 0 Å². The number of rotatable bonds is 2. The van der Waals surface area contributed by atoms with E-state index in [-0.39, 0.29) is 11.3 Å². The Morgan fingerprint density at radius 1 is 1.44 bits per heavy atom. The van der Waals surface area contributed by atoms with Crippen LogP contribution in [0.2, 0.25) is 0 Å². The summed E-state index contributed by atoms with van der Waals surface area (Å²) in [6, 6.07) is 3.92. The van der Waals surface area contributed by atoms with Gasteiger partial charge in [0.25, 0.3) is 0 Å². The summed E-state index contributed by atoms with van der Waals surface area (Å²) in [5, 5.41) is 11.0. The molecule has 1 aromatic heterocycles. The van der Waals surface area contributed by atoms with Gasteiger partial charge in [-0.2, -0.15) is 5.10 Å². The van der Waals surface area contributed by atoms with Crippen LogP contribution in [0.25, 0.3) is 0 Å². The minimum Gasteiger partial charge on any atom is -0.359 e. The monoisotopic (exact) mass is 248 g/mol. The summed E-state index contributed by atoms with van der Waals surface area (Å²) >= 11 is 0. The summed E-state index contributed by atoms with van der Waals surface area (Å²) in [7, 11) is 1.69. The standard InChI is InChI=1S/C13H20N4O/c1-10-5-6-11(16-15-10)17-8-4-7-13(2,9-17)12(18)14-3/h5-6H,4,7-9H2,1-3H3,(H,14,18)/t13-/m0/s1. The van der Waals surface area contributed by atoms with Crippen molar-refractivity contribution in [3.8, 4) is 0 Å². The van der Waals surface area contributed by atoms with E-state index in [2.05, 4.69) is 20.4 Å². The highest BCUT2D eigenvalue weighted by Crippen LogP contribution is 2.31. The van der Waals surface area contributed by atoms with Crippen LogP contribution in [0.15, 0.2) is 12.1 Å². The summed E-state index contributed by atoms with van der Waals surface area (Å²) < 4.78 is 0. The molecule has 1 atom stereocenters. The van der Waals surface area contributed by atoms with E-state index < -0.39 is 0 Å². The fraction of sp³-hybridized carbons (Fsp3) is 0.615. The molecule has 1 aliphatic heterocycles. The normalized spacial score (nSPS) is 23.8. The quantitative estimate of drug-likeness (QED) is 0.852. The Bertz CT molecular complexity index is 431. The minimum atomic E-state index is -0.334. The molecule has 2 heterocycles. The van der Waals surface area contributed by atoms with Crippen LogP contribution < -0.4 is 10.2 Å². The molecule has 0 radical (unpaired) electrons. The Kier molecular flexibility index (Phi) is 3.50. The van der Waals surface area contributed by atoms with Crippen molar-refractivity contribution in [2.45, 2.75) is 26.7 Å². The average Bonchev–Trinajstić information content (AvgIpc) is 2.38. The number of carbonyl (C=O) groups excluding carboxylic acids is 1. The number of carbonyl (C=O) groups is 1. The van der Waals surface area contributed by atoms with Crippen LogP contribution in [0.1, 0.15) is 25.5 Å². The van der Waals surface area contributed by atoms with Crippen molar-refractivity contribution in [3.05, 3.63) is 17.8 Å². The van der Waals surface area contributed by atoms with Crippen LogP contribution in [0, 0.1) is 12.3 Å². The summed E-state index contributed by atoms with van der Waals surface area (Å²) in [5.74, 6) is 0.961. The molecule has 18 heavy (non-hydrogen) atoms. The number of hydrogen-bond donors (Lipinski definition) is 1. The first-order valence-electron chi connectivity index (χ1n) is 6.33. The van der Waals surface area contributed by atoms with Gasteiger partial charge < -0.3 is 10.2 Å². The van der Waals surface area contributed by atoms with Crippen LogP contribution in [0.5, 0.6) is 0 Å². The number of amides is 1. The van der Waals surface area contributed by atoms with E-state index in [4.69, 9.17) is 0 Å². The predicted octanol–water partition coefficient (Wildman–Crippen LogP) is 1.14. The number of aromatic nitrogens is 2. The highest BCUT2D eigenvalue weighted by atomic mass is 16.2. The van der Waals surface area contributed by atoms with E-state index in [9.17, 15) is 4.79 Å². The Hall–Kier alpha value is -1.65. The van der Waals surface area contributed by atoms with Crippen molar-refractivity contribution in [1.82, 2.24) is 15.5 Å². The van der Waals surface area contributed by atoms with Gasteiger partial charge in [-0.25, -0.2) is 0 Å². The first-order chi connectivity index (χ1) is 8.55. The van der Waals surface area contributed by atoms with Crippen LogP contribution in [0.3, 0.4) is 0 Å². The number of aryl methyl sites for hydroxylation is 1. The summed E-state index contributed by atoms with van der Waals surface area (Å²) in [4.78, 5) is 14.1. The van der Waals surface area contributed by atoms with E-state index in [1.54, 1.807) is 7.05 Å². The molecule has 1 aliphatic rings. The zero-order chi connectivity index (χ0) is 13.2. The lowest BCUT2D eigenvalue weighted by Gasteiger charge is -2.39. The first kappa shape index (κ1) is 12.8. The maximum absolute atomic E-state index is 11.9. The number of anilines is 1. The third kappa shape index (κ3) is 2.44. The zero-order valence-corrected chi connectivity index (χ0v) is 11.2. The number of nitrogens with zero attached hydrogens (tertiary/aromatic N) is 3. The van der Waals surface area contributed by atoms with Gasteiger partial charge in [0.05, 0.1) is 11.1 Å². The topological polar surface area (TPSA) is 58.1 Å². The zero-order valence-electron chi connectivity index (χ0n) is 11.2. The lowest BCUT2D eigenvalue weighted by Crippen LogP contribution is -2.50. The first-order valence-corrected chi connectivity index (χ1v) is 6.33. The molecule has 1 aromatic rings. The maximum atomic E-state index is 11.9. The fourth-order valence-electron chi connectivity index (χ4n) is 2.48. The summed E-state index contributed by atoms with van der Waals surface area (Å²) in [5.41, 5.74) is 0.573. The van der Waals surface area contributed by atoms with Crippen molar-refractivity contribution < 1.29 is 4.79 Å². The smallest absolute Gasteiger partial charge is 0.227 e. The Balaban J connectivity index is 2.16. The third-order valence-electron chi connectivity index (χ3n) is 3.58. The van der Waals surface area contributed by atoms with Gasteiger partial charge in [-0.05, 0) is 38.8 Å². The molecule has 1 saturated heterocycles. The van der Waals surface area contributed by atoms with Gasteiger partial charge in [0.15, 0.2) is 5.82 Å². The van der Waals surface area contributed by atoms with Crippen molar-refractivity contribution in [3.63, 3.8) is 0 Å². The predicted molar refractivity (Wildman–Crippen MR) is 70.4 cm³/mol. The highest BCUT2D eigenvalue weighted by Gasteiger charge is 2.37. The highest BCUT2D eigenvalue weighted by molar-refractivity contribution is 5.82. The second kappa shape index (κ2) is 4.92. The van der Waals surface area contributed by atoms with Crippen molar-refractivity contribution in [1.29, 1.82) is 0 Å². The maximum Gasteiger partial charge on any atom is 0.227 e. The number of hydrogen-bond acceptors (Lipinski definition) is 4. The molecular weight excluding hydrogens is 228 g/mol. The molecule has 1 amide bonds. The van der Waals surface area contributed by atoms with Gasteiger partial charge in [0.2, 0.25) is 5.91 Å². The Labute approximate surface area is 108 Å². The molecule has 0 bridgehead atoms. The van der Waals surface area contributed by atoms with Gasteiger partial charge >= 0.3 is 0 Å². The summed E-state index contributed by atoms with van der Waals surface area (Å²) in [6.07, 6.45) is 1.92. The van der Waals surface area contributed by atoms with E-state index >= 15 is 0 Å². The van der Waals surface area contributed by atoms with Crippen LogP contribution in [0.4, 0.5) is 5.82 Å². The second-order valence-corrected chi connectivity index (χ2v) is 5.20. The van der Waals surface area contributed by atoms with Crippen molar-refractivity contribution in [2.75, 3.05) is 25.0 Å². The molecule has 0 saturated carbocycles. The van der Waals surface area contributed by atoms with Gasteiger partial charge in [0, 0.05) is 20.1 Å². The van der Waals surface area contributed by atoms with E-state index in [0.717, 1.165) is 30.9 Å². The van der Waals surface area contributed by atoms with Crippen LogP contribution >= 0.6 is 0 Å². The van der Waals surface area contributed by atoms with Crippen molar-refractivity contribution in [2.24, 2.45) is 5.41 Å². The average molecular weight is 248 g/mol. The van der Waals surface area contributed by atoms with Crippen molar-refractivity contribution >= 4 is 11.7 Å². The van der Waals surface area contributed by atoms with Crippen LogP contribution in [-0.4, -0.2) is 36.2 Å². The minimum absolute atomic E-state index is 0.104. The van der Waals surface area contributed by atoms with Gasteiger partial charge in [0.1, 0.15) is 0 Å². The van der Waals surface area contributed by atoms with Gasteiger partial charge in [-0.1, -0.05) is 0 Å². The molecule has 2 rings (SSSR count). The molecule has 0 aromatic carbocycles. The summed E-state index contributed by atoms with van der Waals surface area (Å²) in [6.45, 7) is 5.57. The fourth-order valence-corrected chi connectivity index (χ4v) is 2.48. The van der Waals surface area contributed by atoms with E-state index in [0.29, 0.717) is 6.54 Å². The van der Waals surface area contributed by atoms with Gasteiger partial charge in [-0.15, -0.1) is 5.10 Å².